The summed E-state index contributed by atoms with van der Waals surface area (Å²) in [6.07, 6.45) is 1.84. The molecule has 2 nitrogen and oxygen atoms in total. The van der Waals surface area contributed by atoms with Crippen molar-refractivity contribution in [1.82, 2.24) is 4.98 Å². The average molecular weight is 274 g/mol. The minimum absolute atomic E-state index is 0.134. The summed E-state index contributed by atoms with van der Waals surface area (Å²) in [6, 6.07) is 25.2. The molecule has 1 aromatic heterocycles. The van der Waals surface area contributed by atoms with Gasteiger partial charge in [-0.1, -0.05) is 60.7 Å². The van der Waals surface area contributed by atoms with E-state index in [1.165, 1.54) is 11.1 Å². The van der Waals surface area contributed by atoms with Gasteiger partial charge in [-0.05, 0) is 30.2 Å². The van der Waals surface area contributed by atoms with Gasteiger partial charge in [-0.25, -0.2) is 0 Å². The lowest BCUT2D eigenvalue weighted by atomic mass is 9.98. The van der Waals surface area contributed by atoms with Crippen molar-refractivity contribution < 1.29 is 0 Å². The van der Waals surface area contributed by atoms with Gasteiger partial charge < -0.3 is 5.32 Å². The van der Waals surface area contributed by atoms with Gasteiger partial charge in [0.2, 0.25) is 0 Å². The lowest BCUT2D eigenvalue weighted by Gasteiger charge is -2.21. The van der Waals surface area contributed by atoms with Gasteiger partial charge in [0.1, 0.15) is 0 Å². The molecule has 104 valence electrons. The van der Waals surface area contributed by atoms with Crippen LogP contribution in [0.2, 0.25) is 0 Å². The molecule has 0 aliphatic rings. The minimum Gasteiger partial charge on any atom is -0.374 e. The number of aromatic nitrogens is 1. The first-order valence-electron chi connectivity index (χ1n) is 7.12. The number of anilines is 1. The molecule has 21 heavy (non-hydrogen) atoms. The Kier molecular flexibility index (Phi) is 3.97. The number of benzene rings is 2. The highest BCUT2D eigenvalue weighted by atomic mass is 14.9. The monoisotopic (exact) mass is 274 g/mol. The predicted octanol–water partition coefficient (Wildman–Crippen LogP) is 4.59. The van der Waals surface area contributed by atoms with Crippen molar-refractivity contribution in [1.29, 1.82) is 0 Å². The van der Waals surface area contributed by atoms with E-state index in [0.29, 0.717) is 0 Å². The molecule has 0 saturated heterocycles. The summed E-state index contributed by atoms with van der Waals surface area (Å²) in [5.74, 6) is 0. The van der Waals surface area contributed by atoms with E-state index < -0.39 is 0 Å². The zero-order valence-corrected chi connectivity index (χ0v) is 12.0. The zero-order chi connectivity index (χ0) is 14.5. The first kappa shape index (κ1) is 13.4. The summed E-state index contributed by atoms with van der Waals surface area (Å²) >= 11 is 0. The van der Waals surface area contributed by atoms with Crippen LogP contribution in [0, 0.1) is 6.92 Å². The maximum Gasteiger partial charge on any atom is 0.0767 e. The van der Waals surface area contributed by atoms with Gasteiger partial charge >= 0.3 is 0 Å². The summed E-state index contributed by atoms with van der Waals surface area (Å²) < 4.78 is 0. The van der Waals surface area contributed by atoms with E-state index in [1.54, 1.807) is 0 Å². The standard InChI is InChI=1S/C19H18N2/c1-15-14-18(12-13-20-15)21-19(16-8-4-2-5-9-16)17-10-6-3-7-11-17/h2-14,19H,1H3,(H,20,21). The molecule has 0 bridgehead atoms. The van der Waals surface area contributed by atoms with E-state index in [-0.39, 0.29) is 6.04 Å². The van der Waals surface area contributed by atoms with Crippen molar-refractivity contribution in [2.75, 3.05) is 5.32 Å². The van der Waals surface area contributed by atoms with Gasteiger partial charge in [-0.2, -0.15) is 0 Å². The van der Waals surface area contributed by atoms with Gasteiger partial charge in [0.05, 0.1) is 6.04 Å². The molecule has 3 aromatic rings. The first-order valence-corrected chi connectivity index (χ1v) is 7.12. The van der Waals surface area contributed by atoms with E-state index in [1.807, 2.05) is 31.3 Å². The lowest BCUT2D eigenvalue weighted by molar-refractivity contribution is 0.937. The summed E-state index contributed by atoms with van der Waals surface area (Å²) in [5, 5.41) is 3.61. The number of rotatable bonds is 4. The highest BCUT2D eigenvalue weighted by Gasteiger charge is 2.13. The number of nitrogens with zero attached hydrogens (tertiary/aromatic N) is 1. The smallest absolute Gasteiger partial charge is 0.0767 e. The normalized spacial score (nSPS) is 10.6. The van der Waals surface area contributed by atoms with Crippen molar-refractivity contribution in [2.24, 2.45) is 0 Å². The SMILES string of the molecule is Cc1cc(NC(c2ccccc2)c2ccccc2)ccn1. The van der Waals surface area contributed by atoms with Gasteiger partial charge in [-0.3, -0.25) is 4.98 Å². The second-order valence-corrected chi connectivity index (χ2v) is 5.08. The molecule has 0 fully saturated rings. The number of hydrogen-bond acceptors (Lipinski definition) is 2. The second kappa shape index (κ2) is 6.23. The van der Waals surface area contributed by atoms with Crippen LogP contribution < -0.4 is 5.32 Å². The van der Waals surface area contributed by atoms with Crippen molar-refractivity contribution in [3.05, 3.63) is 95.8 Å². The maximum absolute atomic E-state index is 4.25. The Balaban J connectivity index is 1.97. The third kappa shape index (κ3) is 3.29. The maximum atomic E-state index is 4.25. The third-order valence-electron chi connectivity index (χ3n) is 3.47. The van der Waals surface area contributed by atoms with E-state index in [9.17, 15) is 0 Å². The Labute approximate surface area is 125 Å². The van der Waals surface area contributed by atoms with Crippen molar-refractivity contribution in [3.63, 3.8) is 0 Å². The Morgan fingerprint density at radius 3 is 1.90 bits per heavy atom. The molecule has 0 unspecified atom stereocenters. The molecule has 1 heterocycles. The highest BCUT2D eigenvalue weighted by Crippen LogP contribution is 2.26. The van der Waals surface area contributed by atoms with Crippen LogP contribution in [0.3, 0.4) is 0 Å². The fraction of sp³-hybridized carbons (Fsp3) is 0.105. The summed E-state index contributed by atoms with van der Waals surface area (Å²) in [6.45, 7) is 2.01. The Hall–Kier alpha value is -2.61. The Morgan fingerprint density at radius 2 is 1.38 bits per heavy atom. The first-order chi connectivity index (χ1) is 10.3. The second-order valence-electron chi connectivity index (χ2n) is 5.08. The van der Waals surface area contributed by atoms with Crippen LogP contribution in [0.1, 0.15) is 22.9 Å². The van der Waals surface area contributed by atoms with Crippen molar-refractivity contribution >= 4 is 5.69 Å². The number of pyridine rings is 1. The van der Waals surface area contributed by atoms with Crippen LogP contribution in [0.4, 0.5) is 5.69 Å². The molecule has 0 radical (unpaired) electrons. The van der Waals surface area contributed by atoms with Crippen molar-refractivity contribution in [2.45, 2.75) is 13.0 Å². The number of aryl methyl sites for hydroxylation is 1. The van der Waals surface area contributed by atoms with Gasteiger partial charge in [-0.15, -0.1) is 0 Å². The molecule has 0 aliphatic carbocycles. The zero-order valence-electron chi connectivity index (χ0n) is 12.0. The molecule has 0 spiro atoms. The molecule has 2 aromatic carbocycles. The fourth-order valence-corrected chi connectivity index (χ4v) is 2.45. The van der Waals surface area contributed by atoms with E-state index in [0.717, 1.165) is 11.4 Å². The predicted molar refractivity (Wildman–Crippen MR) is 87.3 cm³/mol. The van der Waals surface area contributed by atoms with Crippen LogP contribution >= 0.6 is 0 Å². The van der Waals surface area contributed by atoms with E-state index >= 15 is 0 Å². The van der Waals surface area contributed by atoms with Gasteiger partial charge in [0.15, 0.2) is 0 Å². The summed E-state index contributed by atoms with van der Waals surface area (Å²) in [4.78, 5) is 4.25. The molecule has 0 atom stereocenters. The molecule has 1 N–H and O–H groups in total. The van der Waals surface area contributed by atoms with Crippen LogP contribution in [0.5, 0.6) is 0 Å². The highest BCUT2D eigenvalue weighted by molar-refractivity contribution is 5.49. The Morgan fingerprint density at radius 1 is 0.810 bits per heavy atom. The topological polar surface area (TPSA) is 24.9 Å². The number of hydrogen-bond donors (Lipinski definition) is 1. The molecule has 0 saturated carbocycles. The fourth-order valence-electron chi connectivity index (χ4n) is 2.45. The van der Waals surface area contributed by atoms with E-state index in [4.69, 9.17) is 0 Å². The Bertz CT molecular complexity index is 654. The summed E-state index contributed by atoms with van der Waals surface area (Å²) in [5.41, 5.74) is 4.59. The lowest BCUT2D eigenvalue weighted by Crippen LogP contribution is -2.12. The van der Waals surface area contributed by atoms with Crippen LogP contribution in [-0.2, 0) is 0 Å². The average Bonchev–Trinajstić information content (AvgIpc) is 2.54. The molecular formula is C19H18N2. The van der Waals surface area contributed by atoms with Crippen LogP contribution in [0.15, 0.2) is 79.0 Å². The molecule has 3 rings (SSSR count). The summed E-state index contributed by atoms with van der Waals surface area (Å²) in [7, 11) is 0. The molecule has 2 heteroatoms. The third-order valence-corrected chi connectivity index (χ3v) is 3.47. The van der Waals surface area contributed by atoms with E-state index in [2.05, 4.69) is 64.9 Å². The van der Waals surface area contributed by atoms with Crippen LogP contribution in [0.25, 0.3) is 0 Å². The van der Waals surface area contributed by atoms with Crippen molar-refractivity contribution in [3.8, 4) is 0 Å². The van der Waals surface area contributed by atoms with Crippen LogP contribution in [-0.4, -0.2) is 4.98 Å². The quantitative estimate of drug-likeness (QED) is 0.752. The van der Waals surface area contributed by atoms with Gasteiger partial charge in [0.25, 0.3) is 0 Å². The molecular weight excluding hydrogens is 256 g/mol. The number of nitrogens with one attached hydrogen (secondary N) is 1. The molecule has 0 aliphatic heterocycles. The largest absolute Gasteiger partial charge is 0.374 e. The van der Waals surface area contributed by atoms with Gasteiger partial charge in [0, 0.05) is 17.6 Å². The minimum atomic E-state index is 0.134. The molecule has 0 amide bonds.